The van der Waals surface area contributed by atoms with Crippen molar-refractivity contribution >= 4 is 40.0 Å². The zero-order valence-electron chi connectivity index (χ0n) is 17.1. The van der Waals surface area contributed by atoms with Gasteiger partial charge in [0.1, 0.15) is 11.3 Å². The normalized spacial score (nSPS) is 13.4. The van der Waals surface area contributed by atoms with Crippen LogP contribution >= 0.6 is 40.0 Å². The van der Waals surface area contributed by atoms with Crippen molar-refractivity contribution in [2.24, 2.45) is 0 Å². The summed E-state index contributed by atoms with van der Waals surface area (Å²) in [4.78, 5) is 45.7. The molecule has 0 saturated heterocycles. The van der Waals surface area contributed by atoms with Gasteiger partial charge in [-0.2, -0.15) is 0 Å². The molecule has 0 saturated carbocycles. The maximum Gasteiger partial charge on any atom is 0.334 e. The molecule has 8 nitrogen and oxygen atoms in total. The minimum atomic E-state index is -4.29. The van der Waals surface area contributed by atoms with E-state index in [1.54, 1.807) is 24.3 Å². The van der Waals surface area contributed by atoms with Crippen molar-refractivity contribution in [3.63, 3.8) is 0 Å². The zero-order valence-corrected chi connectivity index (χ0v) is 20.6. The van der Waals surface area contributed by atoms with Crippen LogP contribution in [0.5, 0.6) is 0 Å². The van der Waals surface area contributed by atoms with Crippen molar-refractivity contribution in [2.45, 2.75) is 25.2 Å². The number of rotatable bonds is 6. The molecular formula is C20H24Cl2N2O6P2. The van der Waals surface area contributed by atoms with Gasteiger partial charge in [0.05, 0.1) is 11.4 Å². The predicted octanol–water partition coefficient (Wildman–Crippen LogP) is 5.13. The van der Waals surface area contributed by atoms with Gasteiger partial charge in [-0.25, -0.2) is 0 Å². The minimum Gasteiger partial charge on any atom is -0.324 e. The van der Waals surface area contributed by atoms with Crippen LogP contribution in [-0.4, -0.2) is 29.5 Å². The second-order valence-corrected chi connectivity index (χ2v) is 11.0. The van der Waals surface area contributed by atoms with E-state index in [-0.39, 0.29) is 24.8 Å². The first-order valence-electron chi connectivity index (χ1n) is 9.10. The highest BCUT2D eigenvalue weighted by Crippen LogP contribution is 2.51. The van der Waals surface area contributed by atoms with Crippen LogP contribution in [0.2, 0.25) is 0 Å². The summed E-state index contributed by atoms with van der Waals surface area (Å²) in [6.45, 7) is 2.88. The Morgan fingerprint density at radius 1 is 0.625 bits per heavy atom. The second-order valence-electron chi connectivity index (χ2n) is 7.05. The van der Waals surface area contributed by atoms with Gasteiger partial charge in [0, 0.05) is 12.4 Å². The molecule has 0 radical (unpaired) electrons. The van der Waals surface area contributed by atoms with Gasteiger partial charge in [-0.1, -0.05) is 24.3 Å². The molecule has 2 unspecified atom stereocenters. The Morgan fingerprint density at radius 3 is 1.22 bits per heavy atom. The van der Waals surface area contributed by atoms with Crippen LogP contribution in [0.15, 0.2) is 60.9 Å². The van der Waals surface area contributed by atoms with Crippen molar-refractivity contribution in [3.8, 4) is 22.3 Å². The minimum absolute atomic E-state index is 0. The summed E-state index contributed by atoms with van der Waals surface area (Å²) < 4.78 is 23.0. The Balaban J connectivity index is 0.00000256. The molecule has 2 aromatic heterocycles. The van der Waals surface area contributed by atoms with Crippen molar-refractivity contribution in [1.29, 1.82) is 0 Å². The lowest BCUT2D eigenvalue weighted by molar-refractivity contribution is 0.359. The molecule has 3 rings (SSSR count). The molecular weight excluding hydrogens is 497 g/mol. The van der Waals surface area contributed by atoms with Crippen LogP contribution in [0.3, 0.4) is 0 Å². The molecule has 0 aliphatic carbocycles. The summed E-state index contributed by atoms with van der Waals surface area (Å²) in [5.41, 5.74) is 1.88. The van der Waals surface area contributed by atoms with Crippen LogP contribution in [0.25, 0.3) is 22.3 Å². The van der Waals surface area contributed by atoms with Gasteiger partial charge in [0.25, 0.3) is 0 Å². The number of hydrogen-bond acceptors (Lipinski definition) is 4. The van der Waals surface area contributed by atoms with Crippen LogP contribution in [0, 0.1) is 0 Å². The quantitative estimate of drug-likeness (QED) is 0.327. The standard InChI is InChI=1S/C20H22N2O6P2.2ClH/c1-13(29(23,24)25)19-11-17(7-9-21-19)15-3-5-16(6-4-15)18-8-10-22-20(12-18)14(2)30(26,27)28;;/h3-14H,1-2H3,(H2,23,24,25)(H2,26,27,28);2*1H. The van der Waals surface area contributed by atoms with E-state index < -0.39 is 26.5 Å². The van der Waals surface area contributed by atoms with Gasteiger partial charge in [0.2, 0.25) is 0 Å². The summed E-state index contributed by atoms with van der Waals surface area (Å²) in [6, 6.07) is 14.3. The van der Waals surface area contributed by atoms with Crippen molar-refractivity contribution in [3.05, 3.63) is 72.3 Å². The topological polar surface area (TPSA) is 141 Å². The van der Waals surface area contributed by atoms with E-state index in [1.165, 1.54) is 26.2 Å². The molecule has 0 fully saturated rings. The van der Waals surface area contributed by atoms with E-state index in [0.29, 0.717) is 11.4 Å². The fourth-order valence-electron chi connectivity index (χ4n) is 2.91. The third-order valence-electron chi connectivity index (χ3n) is 4.98. The van der Waals surface area contributed by atoms with E-state index in [9.17, 15) is 28.7 Å². The van der Waals surface area contributed by atoms with Gasteiger partial charge in [-0.15, -0.1) is 24.8 Å². The summed E-state index contributed by atoms with van der Waals surface area (Å²) in [6.07, 6.45) is 3.03. The van der Waals surface area contributed by atoms with Gasteiger partial charge >= 0.3 is 15.2 Å². The second kappa shape index (κ2) is 11.0. The van der Waals surface area contributed by atoms with Gasteiger partial charge < -0.3 is 19.6 Å². The smallest absolute Gasteiger partial charge is 0.324 e. The summed E-state index contributed by atoms with van der Waals surface area (Å²) >= 11 is 0. The third-order valence-corrected chi connectivity index (χ3v) is 7.53. The molecule has 2 heterocycles. The lowest BCUT2D eigenvalue weighted by Gasteiger charge is -2.14. The van der Waals surface area contributed by atoms with E-state index in [1.807, 2.05) is 24.3 Å². The van der Waals surface area contributed by atoms with Crippen molar-refractivity contribution < 1.29 is 28.7 Å². The fraction of sp³-hybridized carbons (Fsp3) is 0.200. The maximum atomic E-state index is 11.5. The van der Waals surface area contributed by atoms with Gasteiger partial charge in [0.15, 0.2) is 0 Å². The summed E-state index contributed by atoms with van der Waals surface area (Å²) in [5, 5.41) is 0. The van der Waals surface area contributed by atoms with Crippen LogP contribution in [0.1, 0.15) is 36.6 Å². The molecule has 0 spiro atoms. The Kier molecular flexibility index (Phi) is 9.79. The lowest BCUT2D eigenvalue weighted by Crippen LogP contribution is -1.98. The number of halogens is 2. The highest BCUT2D eigenvalue weighted by Gasteiger charge is 2.28. The molecule has 12 heteroatoms. The molecule has 3 aromatic rings. The number of benzene rings is 1. The number of hydrogen-bond donors (Lipinski definition) is 4. The molecule has 0 bridgehead atoms. The van der Waals surface area contributed by atoms with Crippen LogP contribution in [0.4, 0.5) is 0 Å². The number of nitrogens with zero attached hydrogens (tertiary/aromatic N) is 2. The molecule has 2 atom stereocenters. The molecule has 4 N–H and O–H groups in total. The third kappa shape index (κ3) is 6.70. The summed E-state index contributed by atoms with van der Waals surface area (Å²) in [5.74, 6) is 0. The Labute approximate surface area is 198 Å². The molecule has 32 heavy (non-hydrogen) atoms. The first-order chi connectivity index (χ1) is 14.0. The molecule has 1 aromatic carbocycles. The molecule has 0 aliphatic rings. The predicted molar refractivity (Wildman–Crippen MR) is 128 cm³/mol. The molecule has 0 amide bonds. The Bertz CT molecular complexity index is 1060. The van der Waals surface area contributed by atoms with E-state index >= 15 is 0 Å². The maximum absolute atomic E-state index is 11.5. The van der Waals surface area contributed by atoms with Crippen molar-refractivity contribution in [2.75, 3.05) is 0 Å². The Morgan fingerprint density at radius 2 is 0.938 bits per heavy atom. The van der Waals surface area contributed by atoms with Crippen LogP contribution in [-0.2, 0) is 9.13 Å². The molecule has 0 aliphatic heterocycles. The first-order valence-corrected chi connectivity index (χ1v) is 12.5. The monoisotopic (exact) mass is 520 g/mol. The highest BCUT2D eigenvalue weighted by molar-refractivity contribution is 7.52. The first kappa shape index (κ1) is 28.4. The molecule has 174 valence electrons. The van der Waals surface area contributed by atoms with E-state index in [2.05, 4.69) is 9.97 Å². The largest absolute Gasteiger partial charge is 0.334 e. The van der Waals surface area contributed by atoms with Gasteiger partial charge in [-0.3, -0.25) is 19.1 Å². The zero-order chi connectivity index (χ0) is 22.1. The Hall–Kier alpha value is -1.60. The summed E-state index contributed by atoms with van der Waals surface area (Å²) in [7, 11) is -8.57. The van der Waals surface area contributed by atoms with Crippen molar-refractivity contribution in [1.82, 2.24) is 9.97 Å². The SMILES string of the molecule is CC(c1cc(-c2ccc(-c3ccnc(C(C)P(=O)(O)O)c3)cc2)ccn1)P(=O)(O)O.Cl.Cl. The average molecular weight is 521 g/mol. The number of aromatic nitrogens is 2. The highest BCUT2D eigenvalue weighted by atomic mass is 35.5. The van der Waals surface area contributed by atoms with Crippen LogP contribution < -0.4 is 0 Å². The van der Waals surface area contributed by atoms with E-state index in [0.717, 1.165) is 22.3 Å². The fourth-order valence-corrected chi connectivity index (χ4v) is 3.88. The lowest BCUT2D eigenvalue weighted by atomic mass is 10.00. The average Bonchev–Trinajstić information content (AvgIpc) is 2.71. The van der Waals surface area contributed by atoms with E-state index in [4.69, 9.17) is 0 Å². The number of pyridine rings is 2. The van der Waals surface area contributed by atoms with Gasteiger partial charge in [-0.05, 0) is 60.4 Å².